The molecule has 0 heterocycles. The first-order valence-electron chi connectivity index (χ1n) is 4.65. The van der Waals surface area contributed by atoms with Crippen LogP contribution in [-0.4, -0.2) is 30.4 Å². The molecule has 0 fully saturated rings. The Balaban J connectivity index is 2.92. The Morgan fingerprint density at radius 3 is 2.62 bits per heavy atom. The third-order valence-corrected chi connectivity index (χ3v) is 2.36. The van der Waals surface area contributed by atoms with E-state index in [2.05, 4.69) is 0 Å². The lowest BCUT2D eigenvalue weighted by Gasteiger charge is -2.25. The zero-order valence-electron chi connectivity index (χ0n) is 9.07. The van der Waals surface area contributed by atoms with E-state index in [1.165, 1.54) is 14.0 Å². The lowest BCUT2D eigenvalue weighted by atomic mass is 10.1. The molecule has 0 aliphatic rings. The summed E-state index contributed by atoms with van der Waals surface area (Å²) in [5.74, 6) is -0.777. The van der Waals surface area contributed by atoms with Crippen LogP contribution in [0.25, 0.3) is 0 Å². The summed E-state index contributed by atoms with van der Waals surface area (Å²) in [6.07, 6.45) is 0. The maximum atomic E-state index is 11.1. The first-order chi connectivity index (χ1) is 7.49. The number of halogens is 1. The number of para-hydroxylation sites is 1. The molecule has 0 amide bonds. The van der Waals surface area contributed by atoms with E-state index in [9.17, 15) is 4.79 Å². The zero-order chi connectivity index (χ0) is 12.2. The molecule has 0 bridgehead atoms. The fourth-order valence-electron chi connectivity index (χ4n) is 1.18. The highest BCUT2D eigenvalue weighted by Gasteiger charge is 2.36. The molecule has 5 heteroatoms. The molecule has 1 N–H and O–H groups in total. The highest BCUT2D eigenvalue weighted by atomic mass is 35.5. The molecule has 0 spiro atoms. The molecule has 1 aromatic carbocycles. The van der Waals surface area contributed by atoms with Crippen LogP contribution in [0, 0.1) is 0 Å². The fraction of sp³-hybridized carbons (Fsp3) is 0.364. The minimum atomic E-state index is -1.44. The average molecular weight is 245 g/mol. The van der Waals surface area contributed by atoms with Gasteiger partial charge in [-0.15, -0.1) is 0 Å². The van der Waals surface area contributed by atoms with E-state index >= 15 is 0 Å². The number of carbonyl (C=O) groups is 1. The lowest BCUT2D eigenvalue weighted by molar-refractivity contribution is -0.158. The van der Waals surface area contributed by atoms with Crippen molar-refractivity contribution in [2.24, 2.45) is 0 Å². The standard InChI is InChI=1S/C11H13ClO4/c1-11(7-15-2,10(13)14)16-9-6-4-3-5-8(9)12/h3-6H,7H2,1-2H3,(H,13,14). The second kappa shape index (κ2) is 5.18. The van der Waals surface area contributed by atoms with Crippen molar-refractivity contribution in [3.63, 3.8) is 0 Å². The molecule has 1 aromatic rings. The monoisotopic (exact) mass is 244 g/mol. The van der Waals surface area contributed by atoms with Gasteiger partial charge in [0, 0.05) is 7.11 Å². The number of rotatable bonds is 5. The largest absolute Gasteiger partial charge is 0.478 e. The molecular formula is C11H13ClO4. The summed E-state index contributed by atoms with van der Waals surface area (Å²) in [7, 11) is 1.41. The molecule has 1 rings (SSSR count). The Morgan fingerprint density at radius 1 is 1.50 bits per heavy atom. The number of carboxylic acid groups (broad SMARTS) is 1. The van der Waals surface area contributed by atoms with Crippen molar-refractivity contribution >= 4 is 17.6 Å². The first kappa shape index (κ1) is 12.8. The second-order valence-corrected chi connectivity index (χ2v) is 3.91. The number of hydrogen-bond donors (Lipinski definition) is 1. The van der Waals surface area contributed by atoms with E-state index in [4.69, 9.17) is 26.2 Å². The normalized spacial score (nSPS) is 14.2. The maximum Gasteiger partial charge on any atom is 0.350 e. The van der Waals surface area contributed by atoms with E-state index in [1.807, 2.05) is 0 Å². The molecule has 4 nitrogen and oxygen atoms in total. The van der Waals surface area contributed by atoms with Crippen LogP contribution in [-0.2, 0) is 9.53 Å². The van der Waals surface area contributed by atoms with Crippen molar-refractivity contribution in [3.05, 3.63) is 29.3 Å². The minimum absolute atomic E-state index is 0.0619. The van der Waals surface area contributed by atoms with Gasteiger partial charge in [0.2, 0.25) is 5.60 Å². The van der Waals surface area contributed by atoms with Gasteiger partial charge in [-0.3, -0.25) is 0 Å². The number of carboxylic acids is 1. The Morgan fingerprint density at radius 2 is 2.12 bits per heavy atom. The van der Waals surface area contributed by atoms with Gasteiger partial charge in [0.25, 0.3) is 0 Å². The summed E-state index contributed by atoms with van der Waals surface area (Å²) < 4.78 is 10.2. The van der Waals surface area contributed by atoms with Crippen LogP contribution in [0.15, 0.2) is 24.3 Å². The van der Waals surface area contributed by atoms with E-state index in [0.29, 0.717) is 10.8 Å². The number of benzene rings is 1. The SMILES string of the molecule is COCC(C)(Oc1ccccc1Cl)C(=O)O. The van der Waals surface area contributed by atoms with E-state index in [1.54, 1.807) is 24.3 Å². The minimum Gasteiger partial charge on any atom is -0.478 e. The molecule has 16 heavy (non-hydrogen) atoms. The quantitative estimate of drug-likeness (QED) is 0.863. The predicted molar refractivity (Wildman–Crippen MR) is 60.0 cm³/mol. The fourth-order valence-corrected chi connectivity index (χ4v) is 1.35. The van der Waals surface area contributed by atoms with Crippen LogP contribution in [0.4, 0.5) is 0 Å². The van der Waals surface area contributed by atoms with Crippen LogP contribution >= 0.6 is 11.6 Å². The molecule has 0 saturated heterocycles. The van der Waals surface area contributed by atoms with Gasteiger partial charge in [0.05, 0.1) is 11.6 Å². The topological polar surface area (TPSA) is 55.8 Å². The highest BCUT2D eigenvalue weighted by molar-refractivity contribution is 6.32. The van der Waals surface area contributed by atoms with Gasteiger partial charge in [0.1, 0.15) is 5.75 Å². The van der Waals surface area contributed by atoms with Crippen LogP contribution in [0.3, 0.4) is 0 Å². The number of aliphatic carboxylic acids is 1. The van der Waals surface area contributed by atoms with Crippen LogP contribution < -0.4 is 4.74 Å². The Hall–Kier alpha value is -1.26. The summed E-state index contributed by atoms with van der Waals surface area (Å²) in [4.78, 5) is 11.1. The van der Waals surface area contributed by atoms with Crippen molar-refractivity contribution in [1.29, 1.82) is 0 Å². The van der Waals surface area contributed by atoms with E-state index < -0.39 is 11.6 Å². The number of ether oxygens (including phenoxy) is 2. The molecule has 0 saturated carbocycles. The number of hydrogen-bond acceptors (Lipinski definition) is 3. The van der Waals surface area contributed by atoms with Crippen molar-refractivity contribution in [2.75, 3.05) is 13.7 Å². The summed E-state index contributed by atoms with van der Waals surface area (Å²) in [5.41, 5.74) is -1.44. The van der Waals surface area contributed by atoms with E-state index in [0.717, 1.165) is 0 Å². The van der Waals surface area contributed by atoms with E-state index in [-0.39, 0.29) is 6.61 Å². The molecule has 1 unspecified atom stereocenters. The van der Waals surface area contributed by atoms with Crippen LogP contribution in [0.5, 0.6) is 5.75 Å². The highest BCUT2D eigenvalue weighted by Crippen LogP contribution is 2.27. The van der Waals surface area contributed by atoms with Gasteiger partial charge in [-0.1, -0.05) is 23.7 Å². The first-order valence-corrected chi connectivity index (χ1v) is 5.03. The van der Waals surface area contributed by atoms with Crippen molar-refractivity contribution in [1.82, 2.24) is 0 Å². The third kappa shape index (κ3) is 2.87. The molecule has 0 aliphatic carbocycles. The lowest BCUT2D eigenvalue weighted by Crippen LogP contribution is -2.45. The van der Waals surface area contributed by atoms with Crippen molar-refractivity contribution in [2.45, 2.75) is 12.5 Å². The molecule has 0 aromatic heterocycles. The summed E-state index contributed by atoms with van der Waals surface area (Å²) >= 11 is 5.88. The van der Waals surface area contributed by atoms with Gasteiger partial charge in [-0.25, -0.2) is 4.79 Å². The molecular weight excluding hydrogens is 232 g/mol. The second-order valence-electron chi connectivity index (χ2n) is 3.50. The third-order valence-electron chi connectivity index (χ3n) is 2.04. The molecule has 1 atom stereocenters. The maximum absolute atomic E-state index is 11.1. The summed E-state index contributed by atoms with van der Waals surface area (Å²) in [5, 5.41) is 9.43. The van der Waals surface area contributed by atoms with Gasteiger partial charge in [-0.2, -0.15) is 0 Å². The Labute approximate surface area is 98.7 Å². The Kier molecular flexibility index (Phi) is 4.15. The molecule has 0 aliphatic heterocycles. The average Bonchev–Trinajstić information content (AvgIpc) is 2.21. The summed E-state index contributed by atoms with van der Waals surface area (Å²) in [6.45, 7) is 1.37. The zero-order valence-corrected chi connectivity index (χ0v) is 9.82. The van der Waals surface area contributed by atoms with Crippen molar-refractivity contribution < 1.29 is 19.4 Å². The summed E-state index contributed by atoms with van der Waals surface area (Å²) in [6, 6.07) is 6.70. The predicted octanol–water partition coefficient (Wildman–Crippen LogP) is 2.21. The molecule has 0 radical (unpaired) electrons. The number of methoxy groups -OCH3 is 1. The smallest absolute Gasteiger partial charge is 0.350 e. The molecule has 88 valence electrons. The van der Waals surface area contributed by atoms with Crippen LogP contribution in [0.1, 0.15) is 6.92 Å². The van der Waals surface area contributed by atoms with Crippen molar-refractivity contribution in [3.8, 4) is 5.75 Å². The van der Waals surface area contributed by atoms with Gasteiger partial charge >= 0.3 is 5.97 Å². The van der Waals surface area contributed by atoms with Crippen LogP contribution in [0.2, 0.25) is 5.02 Å². The van der Waals surface area contributed by atoms with Gasteiger partial charge in [0.15, 0.2) is 0 Å². The Bertz CT molecular complexity index is 380. The van der Waals surface area contributed by atoms with Gasteiger partial charge in [-0.05, 0) is 19.1 Å². The van der Waals surface area contributed by atoms with Gasteiger partial charge < -0.3 is 14.6 Å².